The van der Waals surface area contributed by atoms with Gasteiger partial charge in [0.05, 0.1) is 0 Å². The molecule has 0 aliphatic heterocycles. The van der Waals surface area contributed by atoms with Gasteiger partial charge in [-0.15, -0.1) is 0 Å². The Morgan fingerprint density at radius 2 is 1.35 bits per heavy atom. The van der Waals surface area contributed by atoms with E-state index in [4.69, 9.17) is 14.9 Å². The summed E-state index contributed by atoms with van der Waals surface area (Å²) in [5, 5.41) is 0. The molecule has 0 aliphatic rings. The second-order valence-electron chi connectivity index (χ2n) is 12.7. The van der Waals surface area contributed by atoms with E-state index in [1.807, 2.05) is 32.0 Å². The molecule has 1 aromatic carbocycles. The van der Waals surface area contributed by atoms with Gasteiger partial charge in [0.15, 0.2) is 0 Å². The normalized spacial score (nSPS) is 15.2. The summed E-state index contributed by atoms with van der Waals surface area (Å²) in [6.07, 6.45) is 10.8. The monoisotopic (exact) mass is 681 g/mol. The average Bonchev–Trinajstić information content (AvgIpc) is 2.96. The van der Waals surface area contributed by atoms with Gasteiger partial charge in [-0.05, 0) is 0 Å². The Labute approximate surface area is 253 Å². The number of rotatable bonds is 21. The van der Waals surface area contributed by atoms with Crippen molar-refractivity contribution in [1.82, 2.24) is 0 Å². The molecule has 0 amide bonds. The number of carbonyl (C=O) groups is 1. The van der Waals surface area contributed by atoms with Gasteiger partial charge in [0, 0.05) is 0 Å². The fraction of sp³-hybridized carbons (Fsp3) is 0.735. The molecule has 1 aromatic rings. The zero-order valence-electron chi connectivity index (χ0n) is 27.6. The van der Waals surface area contributed by atoms with Crippen molar-refractivity contribution in [3.8, 4) is 0 Å². The predicted octanol–water partition coefficient (Wildman–Crippen LogP) is 9.91. The van der Waals surface area contributed by atoms with Gasteiger partial charge < -0.3 is 0 Å². The van der Waals surface area contributed by atoms with Crippen LogP contribution in [0.4, 0.5) is 0 Å². The van der Waals surface area contributed by atoms with E-state index in [1.54, 1.807) is 0 Å². The Morgan fingerprint density at radius 3 is 1.77 bits per heavy atom. The first-order valence-corrected chi connectivity index (χ1v) is 26.6. The Kier molecular flexibility index (Phi) is 16.9. The van der Waals surface area contributed by atoms with Crippen LogP contribution in [0.25, 0.3) is 0 Å². The zero-order chi connectivity index (χ0) is 30.3. The van der Waals surface area contributed by atoms with E-state index in [0.717, 1.165) is 23.7 Å². The number of hydrogen-bond donors (Lipinski definition) is 1. The maximum atomic E-state index is 13.7. The molecule has 0 bridgehead atoms. The molecule has 0 saturated carbocycles. The minimum atomic E-state index is -2.45. The van der Waals surface area contributed by atoms with E-state index in [9.17, 15) is 4.79 Å². The van der Waals surface area contributed by atoms with Crippen molar-refractivity contribution in [2.24, 2.45) is 5.73 Å². The summed E-state index contributed by atoms with van der Waals surface area (Å²) < 4.78 is 20.1. The number of carbonyl (C=O) groups excluding carboxylic acids is 1. The molecule has 1 rings (SSSR count). The van der Waals surface area contributed by atoms with Gasteiger partial charge in [0.2, 0.25) is 0 Å². The number of unbranched alkanes of at least 4 members (excludes halogenated alkanes) is 3. The Hall–Kier alpha value is -0.634. The maximum absolute atomic E-state index is 13.7. The molecule has 0 aromatic heterocycles. The molecule has 0 aliphatic carbocycles. The SMILES string of the molecule is CCC[CH2][Sn](/[CH]=C/CC(C)(OC(=O)[C@@H](N)C(C)(C)O[Si](CC)(CC)CC)c1ccccc1)([CH2]CCC)[CH2]CCC. The molecule has 2 atom stereocenters. The first-order valence-electron chi connectivity index (χ1n) is 16.3. The molecule has 2 N–H and O–H groups in total. The third kappa shape index (κ3) is 11.2. The van der Waals surface area contributed by atoms with E-state index < -0.39 is 43.9 Å². The van der Waals surface area contributed by atoms with E-state index in [1.165, 1.54) is 51.8 Å². The van der Waals surface area contributed by atoms with Crippen LogP contribution >= 0.6 is 0 Å². The molecule has 0 spiro atoms. The third-order valence-electron chi connectivity index (χ3n) is 9.19. The van der Waals surface area contributed by atoms with E-state index in [2.05, 4.69) is 70.8 Å². The van der Waals surface area contributed by atoms with Crippen molar-refractivity contribution in [1.29, 1.82) is 0 Å². The van der Waals surface area contributed by atoms with Crippen LogP contribution in [0.15, 0.2) is 40.5 Å². The molecule has 1 unspecified atom stereocenters. The second kappa shape index (κ2) is 18.1. The molecular formula is C34H63NO3SiSn. The van der Waals surface area contributed by atoms with Crippen molar-refractivity contribution in [2.45, 2.75) is 156 Å². The van der Waals surface area contributed by atoms with Crippen molar-refractivity contribution in [3.05, 3.63) is 46.1 Å². The molecule has 230 valence electrons. The summed E-state index contributed by atoms with van der Waals surface area (Å²) >= 11 is -2.45. The van der Waals surface area contributed by atoms with E-state index in [-0.39, 0.29) is 5.97 Å². The molecule has 40 heavy (non-hydrogen) atoms. The second-order valence-corrected chi connectivity index (χ2v) is 30.4. The van der Waals surface area contributed by atoms with Gasteiger partial charge in [0.25, 0.3) is 0 Å². The average molecular weight is 681 g/mol. The number of benzene rings is 1. The fourth-order valence-corrected chi connectivity index (χ4v) is 23.5. The van der Waals surface area contributed by atoms with Crippen LogP contribution in [0.5, 0.6) is 0 Å². The number of esters is 1. The van der Waals surface area contributed by atoms with E-state index >= 15 is 0 Å². The van der Waals surface area contributed by atoms with E-state index in [0.29, 0.717) is 6.42 Å². The van der Waals surface area contributed by atoms with Gasteiger partial charge in [-0.3, -0.25) is 0 Å². The fourth-order valence-electron chi connectivity index (χ4n) is 5.91. The molecule has 0 fully saturated rings. The standard InChI is InChI=1S/C22H36NO3Si.3C4H9.Sn/c1-8-17-22(7,18-15-13-12-14-16-18)25-20(24)19(23)21(5,6)26-27(9-2,10-3)11-4;3*1-3-4-2;/h1,8,12-16,19H,9-11,17,23H2,2-7H3;3*1,3-4H2,2H3;/t19-,22?;;;;/m1..../s1. The minimum absolute atomic E-state index is 0.381. The number of ether oxygens (including phenoxy) is 1. The van der Waals surface area contributed by atoms with Crippen molar-refractivity contribution in [3.63, 3.8) is 0 Å². The number of nitrogens with two attached hydrogens (primary N) is 1. The Morgan fingerprint density at radius 1 is 0.875 bits per heavy atom. The third-order valence-corrected chi connectivity index (χ3v) is 28.3. The van der Waals surface area contributed by atoms with Crippen molar-refractivity contribution in [2.75, 3.05) is 0 Å². The summed E-state index contributed by atoms with van der Waals surface area (Å²) in [5.74, 6) is -0.381. The van der Waals surface area contributed by atoms with Crippen LogP contribution in [0, 0.1) is 0 Å². The predicted molar refractivity (Wildman–Crippen MR) is 179 cm³/mol. The van der Waals surface area contributed by atoms with Crippen LogP contribution < -0.4 is 5.73 Å². The summed E-state index contributed by atoms with van der Waals surface area (Å²) in [7, 11) is -1.95. The molecular weight excluding hydrogens is 617 g/mol. The molecule has 0 saturated heterocycles. The van der Waals surface area contributed by atoms with Gasteiger partial charge in [-0.25, -0.2) is 0 Å². The molecule has 0 heterocycles. The summed E-state index contributed by atoms with van der Waals surface area (Å²) in [6, 6.07) is 12.4. The first-order chi connectivity index (χ1) is 18.9. The van der Waals surface area contributed by atoms with Gasteiger partial charge >= 0.3 is 254 Å². The van der Waals surface area contributed by atoms with Crippen molar-refractivity contribution >= 4 is 32.7 Å². The first kappa shape index (κ1) is 37.4. The summed E-state index contributed by atoms with van der Waals surface area (Å²) in [6.45, 7) is 19.5. The van der Waals surface area contributed by atoms with Gasteiger partial charge in [0.1, 0.15) is 0 Å². The van der Waals surface area contributed by atoms with Crippen LogP contribution in [-0.2, 0) is 19.6 Å². The Bertz CT molecular complexity index is 841. The number of hydrogen-bond acceptors (Lipinski definition) is 4. The van der Waals surface area contributed by atoms with Gasteiger partial charge in [-0.1, -0.05) is 0 Å². The molecule has 4 nitrogen and oxygen atoms in total. The molecule has 0 radical (unpaired) electrons. The summed E-state index contributed by atoms with van der Waals surface area (Å²) in [5.41, 5.74) is 6.07. The van der Waals surface area contributed by atoms with Crippen LogP contribution in [0.3, 0.4) is 0 Å². The van der Waals surface area contributed by atoms with Crippen LogP contribution in [0.1, 0.15) is 113 Å². The summed E-state index contributed by atoms with van der Waals surface area (Å²) in [4.78, 5) is 13.7. The van der Waals surface area contributed by atoms with Crippen LogP contribution in [-0.4, -0.2) is 44.3 Å². The van der Waals surface area contributed by atoms with Crippen LogP contribution in [0.2, 0.25) is 31.4 Å². The zero-order valence-corrected chi connectivity index (χ0v) is 31.5. The topological polar surface area (TPSA) is 61.5 Å². The molecule has 6 heteroatoms. The van der Waals surface area contributed by atoms with Crippen molar-refractivity contribution < 1.29 is 14.0 Å². The van der Waals surface area contributed by atoms with Gasteiger partial charge in [-0.2, -0.15) is 0 Å². The Balaban J connectivity index is 3.30. The quantitative estimate of drug-likeness (QED) is 0.104.